The van der Waals surface area contributed by atoms with Gasteiger partial charge >= 0.3 is 0 Å². The fourth-order valence-corrected chi connectivity index (χ4v) is 1.97. The number of rotatable bonds is 3. The van der Waals surface area contributed by atoms with Gasteiger partial charge in [-0.3, -0.25) is 4.98 Å². The van der Waals surface area contributed by atoms with Gasteiger partial charge in [-0.1, -0.05) is 13.0 Å². The van der Waals surface area contributed by atoms with Crippen LogP contribution in [0.2, 0.25) is 0 Å². The maximum absolute atomic E-state index is 9.90. The minimum Gasteiger partial charge on any atom is -0.392 e. The van der Waals surface area contributed by atoms with E-state index in [9.17, 15) is 5.11 Å². The van der Waals surface area contributed by atoms with Gasteiger partial charge in [0.15, 0.2) is 0 Å². The number of hydrogen-bond acceptors (Lipinski definition) is 2. The SMILES string of the molecule is Cc1cccnc1CC(O)C1CC1C. The molecule has 0 spiro atoms. The molecule has 14 heavy (non-hydrogen) atoms. The average Bonchev–Trinajstić information content (AvgIpc) is 2.87. The van der Waals surface area contributed by atoms with Gasteiger partial charge in [-0.25, -0.2) is 0 Å². The van der Waals surface area contributed by atoms with Crippen LogP contribution in [0.15, 0.2) is 18.3 Å². The van der Waals surface area contributed by atoms with Gasteiger partial charge in [0.05, 0.1) is 6.10 Å². The molecule has 1 heterocycles. The second-order valence-corrected chi connectivity index (χ2v) is 4.42. The molecule has 1 N–H and O–H groups in total. The first-order valence-corrected chi connectivity index (χ1v) is 5.27. The van der Waals surface area contributed by atoms with E-state index in [0.29, 0.717) is 18.3 Å². The van der Waals surface area contributed by atoms with Crippen LogP contribution in [0.25, 0.3) is 0 Å². The molecule has 2 nitrogen and oxygen atoms in total. The molecule has 0 saturated heterocycles. The van der Waals surface area contributed by atoms with Crippen LogP contribution >= 0.6 is 0 Å². The minimum absolute atomic E-state index is 0.196. The van der Waals surface area contributed by atoms with Gasteiger partial charge in [0.25, 0.3) is 0 Å². The summed E-state index contributed by atoms with van der Waals surface area (Å²) in [5, 5.41) is 9.90. The Morgan fingerprint density at radius 3 is 2.93 bits per heavy atom. The van der Waals surface area contributed by atoms with Crippen LogP contribution in [0.1, 0.15) is 24.6 Å². The molecular weight excluding hydrogens is 174 g/mol. The largest absolute Gasteiger partial charge is 0.392 e. The third-order valence-electron chi connectivity index (χ3n) is 3.19. The van der Waals surface area contributed by atoms with Gasteiger partial charge < -0.3 is 5.11 Å². The van der Waals surface area contributed by atoms with E-state index in [1.807, 2.05) is 19.1 Å². The van der Waals surface area contributed by atoms with E-state index in [0.717, 1.165) is 5.69 Å². The monoisotopic (exact) mass is 191 g/mol. The predicted molar refractivity (Wildman–Crippen MR) is 56.0 cm³/mol. The van der Waals surface area contributed by atoms with Crippen molar-refractivity contribution in [2.45, 2.75) is 32.8 Å². The first-order chi connectivity index (χ1) is 6.68. The van der Waals surface area contributed by atoms with Gasteiger partial charge in [0, 0.05) is 18.3 Å². The third-order valence-corrected chi connectivity index (χ3v) is 3.19. The van der Waals surface area contributed by atoms with E-state index < -0.39 is 0 Å². The Labute approximate surface area is 85.0 Å². The Morgan fingerprint density at radius 1 is 1.64 bits per heavy atom. The topological polar surface area (TPSA) is 33.1 Å². The molecule has 76 valence electrons. The Hall–Kier alpha value is -0.890. The molecule has 0 aliphatic heterocycles. The minimum atomic E-state index is -0.196. The lowest BCUT2D eigenvalue weighted by Crippen LogP contribution is -2.15. The number of hydrogen-bond donors (Lipinski definition) is 1. The molecule has 1 aliphatic carbocycles. The standard InChI is InChI=1S/C12H17NO/c1-8-4-3-5-13-11(8)7-12(14)10-6-9(10)2/h3-5,9-10,12,14H,6-7H2,1-2H3. The summed E-state index contributed by atoms with van der Waals surface area (Å²) in [7, 11) is 0. The third kappa shape index (κ3) is 1.95. The van der Waals surface area contributed by atoms with E-state index in [2.05, 4.69) is 11.9 Å². The highest BCUT2D eigenvalue weighted by atomic mass is 16.3. The van der Waals surface area contributed by atoms with Gasteiger partial charge in [-0.15, -0.1) is 0 Å². The van der Waals surface area contributed by atoms with Crippen molar-refractivity contribution in [3.05, 3.63) is 29.6 Å². The molecule has 2 heteroatoms. The van der Waals surface area contributed by atoms with Crippen LogP contribution in [0.4, 0.5) is 0 Å². The van der Waals surface area contributed by atoms with Gasteiger partial charge in [-0.2, -0.15) is 0 Å². The van der Waals surface area contributed by atoms with Gasteiger partial charge in [0.2, 0.25) is 0 Å². The van der Waals surface area contributed by atoms with Crippen LogP contribution in [-0.4, -0.2) is 16.2 Å². The van der Waals surface area contributed by atoms with Crippen molar-refractivity contribution >= 4 is 0 Å². The highest BCUT2D eigenvalue weighted by molar-refractivity contribution is 5.18. The number of pyridine rings is 1. The van der Waals surface area contributed by atoms with Crippen molar-refractivity contribution in [3.8, 4) is 0 Å². The van der Waals surface area contributed by atoms with Crippen LogP contribution in [0.5, 0.6) is 0 Å². The summed E-state index contributed by atoms with van der Waals surface area (Å²) in [6.07, 6.45) is 3.48. The molecule has 0 aromatic carbocycles. The predicted octanol–water partition coefficient (Wildman–Crippen LogP) is 1.95. The molecule has 1 aromatic rings. The Bertz CT molecular complexity index is 324. The van der Waals surface area contributed by atoms with Gasteiger partial charge in [0.1, 0.15) is 0 Å². The van der Waals surface area contributed by atoms with Crippen LogP contribution in [-0.2, 0) is 6.42 Å². The quantitative estimate of drug-likeness (QED) is 0.792. The smallest absolute Gasteiger partial charge is 0.0626 e. The molecule has 3 unspecified atom stereocenters. The summed E-state index contributed by atoms with van der Waals surface area (Å²) in [6, 6.07) is 3.98. The molecule has 0 radical (unpaired) electrons. The maximum Gasteiger partial charge on any atom is 0.0626 e. The van der Waals surface area contributed by atoms with Crippen molar-refractivity contribution in [1.82, 2.24) is 4.98 Å². The highest BCUT2D eigenvalue weighted by Gasteiger charge is 2.38. The van der Waals surface area contributed by atoms with E-state index in [1.54, 1.807) is 6.20 Å². The Morgan fingerprint density at radius 2 is 2.36 bits per heavy atom. The van der Waals surface area contributed by atoms with E-state index in [4.69, 9.17) is 0 Å². The van der Waals surface area contributed by atoms with E-state index in [-0.39, 0.29) is 6.10 Å². The van der Waals surface area contributed by atoms with Gasteiger partial charge in [-0.05, 0) is 36.8 Å². The lowest BCUT2D eigenvalue weighted by atomic mass is 10.0. The van der Waals surface area contributed by atoms with Crippen molar-refractivity contribution in [1.29, 1.82) is 0 Å². The number of nitrogens with zero attached hydrogens (tertiary/aromatic N) is 1. The van der Waals surface area contributed by atoms with Crippen molar-refractivity contribution in [2.75, 3.05) is 0 Å². The maximum atomic E-state index is 9.90. The average molecular weight is 191 g/mol. The zero-order valence-electron chi connectivity index (χ0n) is 8.77. The summed E-state index contributed by atoms with van der Waals surface area (Å²) in [4.78, 5) is 4.29. The summed E-state index contributed by atoms with van der Waals surface area (Å²) < 4.78 is 0. The first-order valence-electron chi connectivity index (χ1n) is 5.27. The zero-order chi connectivity index (χ0) is 10.1. The van der Waals surface area contributed by atoms with Crippen molar-refractivity contribution in [3.63, 3.8) is 0 Å². The summed E-state index contributed by atoms with van der Waals surface area (Å²) >= 11 is 0. The molecule has 1 aromatic heterocycles. The molecule has 3 atom stereocenters. The van der Waals surface area contributed by atoms with E-state index in [1.165, 1.54) is 12.0 Å². The lowest BCUT2D eigenvalue weighted by molar-refractivity contribution is 0.145. The molecule has 0 amide bonds. The van der Waals surface area contributed by atoms with Crippen LogP contribution in [0.3, 0.4) is 0 Å². The number of aliphatic hydroxyl groups is 1. The van der Waals surface area contributed by atoms with Crippen LogP contribution < -0.4 is 0 Å². The first kappa shape index (κ1) is 9.66. The molecule has 0 bridgehead atoms. The highest BCUT2D eigenvalue weighted by Crippen LogP contribution is 2.41. The molecule has 1 saturated carbocycles. The number of aryl methyl sites for hydroxylation is 1. The second kappa shape index (κ2) is 3.70. The van der Waals surface area contributed by atoms with Crippen LogP contribution in [0, 0.1) is 18.8 Å². The molecular formula is C12H17NO. The van der Waals surface area contributed by atoms with Crippen molar-refractivity contribution < 1.29 is 5.11 Å². The number of aromatic nitrogens is 1. The Balaban J connectivity index is 2.00. The molecule has 1 fully saturated rings. The zero-order valence-corrected chi connectivity index (χ0v) is 8.77. The van der Waals surface area contributed by atoms with Crippen molar-refractivity contribution in [2.24, 2.45) is 11.8 Å². The second-order valence-electron chi connectivity index (χ2n) is 4.42. The lowest BCUT2D eigenvalue weighted by Gasteiger charge is -2.10. The molecule has 1 aliphatic rings. The Kier molecular flexibility index (Phi) is 2.55. The summed E-state index contributed by atoms with van der Waals surface area (Å²) in [5.41, 5.74) is 2.22. The summed E-state index contributed by atoms with van der Waals surface area (Å²) in [5.74, 6) is 1.21. The fourth-order valence-electron chi connectivity index (χ4n) is 1.97. The molecule has 2 rings (SSSR count). The normalized spacial score (nSPS) is 27.4. The van der Waals surface area contributed by atoms with E-state index >= 15 is 0 Å². The summed E-state index contributed by atoms with van der Waals surface area (Å²) in [6.45, 7) is 4.24. The number of aliphatic hydroxyl groups excluding tert-OH is 1. The fraction of sp³-hybridized carbons (Fsp3) is 0.583.